The van der Waals surface area contributed by atoms with Gasteiger partial charge in [0, 0.05) is 0 Å². The zero-order valence-corrected chi connectivity index (χ0v) is 10.5. The van der Waals surface area contributed by atoms with E-state index < -0.39 is 11.7 Å². The first kappa shape index (κ1) is 13.5. The van der Waals surface area contributed by atoms with E-state index in [0.717, 1.165) is 12.0 Å². The lowest BCUT2D eigenvalue weighted by atomic mass is 10.1. The van der Waals surface area contributed by atoms with Crippen LogP contribution >= 0.6 is 0 Å². The van der Waals surface area contributed by atoms with Crippen LogP contribution in [0.4, 0.5) is 4.79 Å². The van der Waals surface area contributed by atoms with E-state index in [1.165, 1.54) is 0 Å². The Hall–Kier alpha value is -1.55. The summed E-state index contributed by atoms with van der Waals surface area (Å²) < 4.78 is 5.15. The summed E-state index contributed by atoms with van der Waals surface area (Å²) in [5, 5.41) is 0. The predicted octanol–water partition coefficient (Wildman–Crippen LogP) is 3.03. The monoisotopic (exact) mass is 237 g/mol. The molecule has 1 aromatic carbocycles. The first-order valence-electron chi connectivity index (χ1n) is 5.68. The van der Waals surface area contributed by atoms with Crippen LogP contribution in [-0.4, -0.2) is 11.7 Å². The van der Waals surface area contributed by atoms with Gasteiger partial charge in [-0.05, 0) is 25.8 Å². The third-order valence-electron chi connectivity index (χ3n) is 2.46. The summed E-state index contributed by atoms with van der Waals surface area (Å²) in [6.45, 7) is 5.98. The molecule has 94 valence electrons. The Kier molecular flexibility index (Phi) is 4.97. The number of carbonyl (C=O) groups is 1. The van der Waals surface area contributed by atoms with Crippen molar-refractivity contribution in [3.8, 4) is 0 Å². The minimum absolute atomic E-state index is 0.322. The number of rotatable bonds is 5. The van der Waals surface area contributed by atoms with Gasteiger partial charge in [0.05, 0.1) is 6.61 Å². The molecule has 0 aromatic heterocycles. The molecule has 4 nitrogen and oxygen atoms in total. The molecule has 0 radical (unpaired) electrons. The average molecular weight is 237 g/mol. The maximum Gasteiger partial charge on any atom is 0.431 e. The van der Waals surface area contributed by atoms with Gasteiger partial charge in [-0.25, -0.2) is 4.79 Å². The normalized spacial score (nSPS) is 11.0. The molecule has 0 fully saturated rings. The van der Waals surface area contributed by atoms with E-state index >= 15 is 0 Å². The fourth-order valence-electron chi connectivity index (χ4n) is 1.10. The van der Waals surface area contributed by atoms with Crippen molar-refractivity contribution >= 4 is 6.09 Å². The van der Waals surface area contributed by atoms with Crippen molar-refractivity contribution in [1.82, 2.24) is 5.48 Å². The van der Waals surface area contributed by atoms with Gasteiger partial charge in [0.25, 0.3) is 0 Å². The minimum Gasteiger partial charge on any atom is -0.442 e. The molecule has 0 unspecified atom stereocenters. The van der Waals surface area contributed by atoms with E-state index in [2.05, 4.69) is 5.48 Å². The molecule has 0 saturated heterocycles. The summed E-state index contributed by atoms with van der Waals surface area (Å²) in [4.78, 5) is 16.4. The Bertz CT molecular complexity index is 349. The number of hydrogen-bond donors (Lipinski definition) is 1. The van der Waals surface area contributed by atoms with Crippen LogP contribution < -0.4 is 5.48 Å². The third kappa shape index (κ3) is 5.36. The van der Waals surface area contributed by atoms with Crippen molar-refractivity contribution in [2.45, 2.75) is 39.4 Å². The highest BCUT2D eigenvalue weighted by Gasteiger charge is 2.20. The highest BCUT2D eigenvalue weighted by molar-refractivity contribution is 5.66. The Balaban J connectivity index is 2.25. The average Bonchev–Trinajstić information content (AvgIpc) is 2.30. The molecule has 4 heteroatoms. The summed E-state index contributed by atoms with van der Waals surface area (Å²) in [6, 6.07) is 9.59. The van der Waals surface area contributed by atoms with E-state index in [9.17, 15) is 4.79 Å². The van der Waals surface area contributed by atoms with Gasteiger partial charge in [0.1, 0.15) is 5.60 Å². The van der Waals surface area contributed by atoms with E-state index in [4.69, 9.17) is 9.57 Å². The van der Waals surface area contributed by atoms with Crippen LogP contribution in [0.15, 0.2) is 30.3 Å². The molecule has 1 rings (SSSR count). The van der Waals surface area contributed by atoms with Crippen LogP contribution in [0.2, 0.25) is 0 Å². The number of ether oxygens (including phenoxy) is 1. The number of carbonyl (C=O) groups excluding carboxylic acids is 1. The molecular weight excluding hydrogens is 218 g/mol. The van der Waals surface area contributed by atoms with Crippen molar-refractivity contribution in [3.63, 3.8) is 0 Å². The number of benzene rings is 1. The fraction of sp³-hybridized carbons (Fsp3) is 0.462. The van der Waals surface area contributed by atoms with E-state index in [1.54, 1.807) is 0 Å². The predicted molar refractivity (Wildman–Crippen MR) is 65.2 cm³/mol. The molecule has 0 aliphatic carbocycles. The van der Waals surface area contributed by atoms with Gasteiger partial charge < -0.3 is 4.74 Å². The SMILES string of the molecule is CCC(C)(C)OC(=O)NOCc1ccccc1. The second kappa shape index (κ2) is 6.25. The second-order valence-electron chi connectivity index (χ2n) is 4.38. The Morgan fingerprint density at radius 1 is 1.29 bits per heavy atom. The van der Waals surface area contributed by atoms with Gasteiger partial charge in [-0.1, -0.05) is 37.3 Å². The van der Waals surface area contributed by atoms with Crippen LogP contribution in [0.3, 0.4) is 0 Å². The Labute approximate surface area is 102 Å². The fourth-order valence-corrected chi connectivity index (χ4v) is 1.10. The van der Waals surface area contributed by atoms with Gasteiger partial charge in [-0.3, -0.25) is 4.84 Å². The molecule has 0 aliphatic rings. The van der Waals surface area contributed by atoms with Gasteiger partial charge in [0.2, 0.25) is 0 Å². The van der Waals surface area contributed by atoms with Crippen LogP contribution in [0.25, 0.3) is 0 Å². The second-order valence-corrected chi connectivity index (χ2v) is 4.38. The standard InChI is InChI=1S/C13H19NO3/c1-4-13(2,3)17-12(15)14-16-10-11-8-6-5-7-9-11/h5-9H,4,10H2,1-3H3,(H,14,15). The lowest BCUT2D eigenvalue weighted by Crippen LogP contribution is -2.34. The molecule has 0 saturated carbocycles. The molecule has 1 N–H and O–H groups in total. The summed E-state index contributed by atoms with van der Waals surface area (Å²) >= 11 is 0. The van der Waals surface area contributed by atoms with Crippen LogP contribution in [0, 0.1) is 0 Å². The maximum absolute atomic E-state index is 11.3. The van der Waals surface area contributed by atoms with Crippen molar-refractivity contribution in [3.05, 3.63) is 35.9 Å². The van der Waals surface area contributed by atoms with E-state index in [0.29, 0.717) is 6.61 Å². The van der Waals surface area contributed by atoms with Gasteiger partial charge in [-0.2, -0.15) is 5.48 Å². The van der Waals surface area contributed by atoms with E-state index in [-0.39, 0.29) is 0 Å². The Morgan fingerprint density at radius 3 is 2.53 bits per heavy atom. The molecular formula is C13H19NO3. The van der Waals surface area contributed by atoms with Crippen molar-refractivity contribution in [2.24, 2.45) is 0 Å². The van der Waals surface area contributed by atoms with E-state index in [1.807, 2.05) is 51.1 Å². The Morgan fingerprint density at radius 2 is 1.94 bits per heavy atom. The molecule has 0 bridgehead atoms. The first-order valence-corrected chi connectivity index (χ1v) is 5.68. The minimum atomic E-state index is -0.562. The lowest BCUT2D eigenvalue weighted by Gasteiger charge is -2.22. The van der Waals surface area contributed by atoms with Gasteiger partial charge in [0.15, 0.2) is 0 Å². The van der Waals surface area contributed by atoms with Gasteiger partial charge >= 0.3 is 6.09 Å². The molecule has 1 aromatic rings. The van der Waals surface area contributed by atoms with Gasteiger partial charge in [-0.15, -0.1) is 0 Å². The smallest absolute Gasteiger partial charge is 0.431 e. The lowest BCUT2D eigenvalue weighted by molar-refractivity contribution is -0.0209. The van der Waals surface area contributed by atoms with Crippen LogP contribution in [-0.2, 0) is 16.2 Å². The van der Waals surface area contributed by atoms with Crippen molar-refractivity contribution in [2.75, 3.05) is 0 Å². The molecule has 17 heavy (non-hydrogen) atoms. The zero-order chi connectivity index (χ0) is 12.7. The third-order valence-corrected chi connectivity index (χ3v) is 2.46. The number of nitrogens with one attached hydrogen (secondary N) is 1. The zero-order valence-electron chi connectivity index (χ0n) is 10.5. The topological polar surface area (TPSA) is 47.6 Å². The molecule has 0 aliphatic heterocycles. The van der Waals surface area contributed by atoms with Crippen molar-refractivity contribution < 1.29 is 14.4 Å². The maximum atomic E-state index is 11.3. The van der Waals surface area contributed by atoms with Crippen LogP contribution in [0.5, 0.6) is 0 Å². The number of hydrogen-bond acceptors (Lipinski definition) is 3. The quantitative estimate of drug-likeness (QED) is 0.801. The highest BCUT2D eigenvalue weighted by atomic mass is 16.7. The number of hydroxylamine groups is 1. The summed E-state index contributed by atoms with van der Waals surface area (Å²) in [5.41, 5.74) is 2.78. The first-order chi connectivity index (χ1) is 8.03. The summed E-state index contributed by atoms with van der Waals surface area (Å²) in [7, 11) is 0. The summed E-state index contributed by atoms with van der Waals surface area (Å²) in [5.74, 6) is 0. The van der Waals surface area contributed by atoms with Crippen LogP contribution in [0.1, 0.15) is 32.8 Å². The van der Waals surface area contributed by atoms with Crippen molar-refractivity contribution in [1.29, 1.82) is 0 Å². The molecule has 0 spiro atoms. The summed E-state index contributed by atoms with van der Waals surface area (Å²) in [6.07, 6.45) is 0.187. The highest BCUT2D eigenvalue weighted by Crippen LogP contribution is 2.13. The molecule has 0 atom stereocenters. The molecule has 0 heterocycles. The molecule has 1 amide bonds. The largest absolute Gasteiger partial charge is 0.442 e. The number of amides is 1.